The molecular weight excluding hydrogens is 519 g/mol. The van der Waals surface area contributed by atoms with E-state index in [9.17, 15) is 19.2 Å². The van der Waals surface area contributed by atoms with Gasteiger partial charge >= 0.3 is 11.9 Å². The Morgan fingerprint density at radius 3 is 2.36 bits per heavy atom. The van der Waals surface area contributed by atoms with Crippen LogP contribution in [-0.2, 0) is 19.1 Å². The van der Waals surface area contributed by atoms with Gasteiger partial charge in [0.25, 0.3) is 0 Å². The van der Waals surface area contributed by atoms with Crippen molar-refractivity contribution in [1.82, 2.24) is 4.98 Å². The quantitative estimate of drug-likeness (QED) is 0.352. The van der Waals surface area contributed by atoms with E-state index in [2.05, 4.69) is 11.1 Å². The molecule has 194 valence electrons. The molecule has 1 aromatic heterocycles. The van der Waals surface area contributed by atoms with Gasteiger partial charge in [0.2, 0.25) is 0 Å². The van der Waals surface area contributed by atoms with Crippen LogP contribution < -0.4 is 10.6 Å². The Bertz CT molecular complexity index is 1700. The third kappa shape index (κ3) is 4.49. The van der Waals surface area contributed by atoms with Gasteiger partial charge in [-0.3, -0.25) is 4.90 Å². The first kappa shape index (κ1) is 25.6. The average molecular weight is 541 g/mol. The molecule has 0 radical (unpaired) electrons. The van der Waals surface area contributed by atoms with E-state index in [4.69, 9.17) is 15.2 Å². The van der Waals surface area contributed by atoms with Gasteiger partial charge in [0, 0.05) is 11.3 Å². The van der Waals surface area contributed by atoms with Gasteiger partial charge in [-0.05, 0) is 48.0 Å². The van der Waals surface area contributed by atoms with Gasteiger partial charge in [-0.25, -0.2) is 19.0 Å². The minimum Gasteiger partial charge on any atom is -0.466 e. The molecular formula is C29H21FN4O4S. The topological polar surface area (TPSA) is 119 Å². The van der Waals surface area contributed by atoms with Crippen LogP contribution in [0.2, 0.25) is 0 Å². The molecule has 0 amide bonds. The summed E-state index contributed by atoms with van der Waals surface area (Å²) in [6.45, 7) is 0. The number of esters is 2. The highest BCUT2D eigenvalue weighted by Gasteiger charge is 2.42. The maximum Gasteiger partial charge on any atom is 0.355 e. The number of thiazole rings is 1. The molecule has 39 heavy (non-hydrogen) atoms. The number of carbonyl (C=O) groups excluding carboxylic acids is 2. The first-order valence-corrected chi connectivity index (χ1v) is 12.5. The van der Waals surface area contributed by atoms with Gasteiger partial charge < -0.3 is 15.2 Å². The summed E-state index contributed by atoms with van der Waals surface area (Å²) in [4.78, 5) is 32.2. The number of nitrogens with zero attached hydrogens (tertiary/aromatic N) is 3. The van der Waals surface area contributed by atoms with Crippen molar-refractivity contribution < 1.29 is 23.5 Å². The molecule has 0 saturated heterocycles. The Labute approximate surface area is 227 Å². The number of fused-ring (bicyclic) bond motifs is 1. The number of rotatable bonds is 5. The number of nitriles is 1. The van der Waals surface area contributed by atoms with Crippen molar-refractivity contribution in [3.63, 3.8) is 0 Å². The van der Waals surface area contributed by atoms with Crippen LogP contribution in [0.3, 0.4) is 0 Å². The van der Waals surface area contributed by atoms with Gasteiger partial charge in [0.05, 0.1) is 47.6 Å². The predicted octanol–water partition coefficient (Wildman–Crippen LogP) is 5.00. The van der Waals surface area contributed by atoms with Crippen molar-refractivity contribution in [2.24, 2.45) is 5.73 Å². The second-order valence-electron chi connectivity index (χ2n) is 8.51. The smallest absolute Gasteiger partial charge is 0.355 e. The Morgan fingerprint density at radius 1 is 1.03 bits per heavy atom. The van der Waals surface area contributed by atoms with E-state index < -0.39 is 17.9 Å². The number of benzene rings is 3. The van der Waals surface area contributed by atoms with Crippen molar-refractivity contribution in [3.05, 3.63) is 107 Å². The normalized spacial score (nSPS) is 15.3. The molecule has 8 nitrogen and oxygen atoms in total. The zero-order valence-corrected chi connectivity index (χ0v) is 21.7. The largest absolute Gasteiger partial charge is 0.466 e. The van der Waals surface area contributed by atoms with Crippen molar-refractivity contribution in [3.8, 4) is 16.6 Å². The van der Waals surface area contributed by atoms with Gasteiger partial charge in [-0.15, -0.1) is 11.3 Å². The molecule has 5 rings (SSSR count). The van der Waals surface area contributed by atoms with E-state index in [0.717, 1.165) is 5.56 Å². The molecule has 1 atom stereocenters. The molecule has 1 unspecified atom stereocenters. The fourth-order valence-corrected chi connectivity index (χ4v) is 5.55. The second kappa shape index (κ2) is 10.4. The summed E-state index contributed by atoms with van der Waals surface area (Å²) < 4.78 is 24.5. The first-order chi connectivity index (χ1) is 18.9. The zero-order chi connectivity index (χ0) is 27.7. The lowest BCUT2D eigenvalue weighted by atomic mass is 9.81. The molecule has 2 heterocycles. The Morgan fingerprint density at radius 2 is 1.72 bits per heavy atom. The van der Waals surface area contributed by atoms with Gasteiger partial charge in [0.15, 0.2) is 0 Å². The summed E-state index contributed by atoms with van der Waals surface area (Å²) in [5.41, 5.74) is 8.80. The second-order valence-corrected chi connectivity index (χ2v) is 9.54. The molecule has 0 spiro atoms. The third-order valence-electron chi connectivity index (χ3n) is 6.33. The fraction of sp³-hybridized carbons (Fsp3) is 0.103. The number of aromatic nitrogens is 1. The summed E-state index contributed by atoms with van der Waals surface area (Å²) >= 11 is 1.34. The molecule has 1 aliphatic heterocycles. The molecule has 0 fully saturated rings. The highest BCUT2D eigenvalue weighted by atomic mass is 32.1. The molecule has 0 aliphatic carbocycles. The number of halogens is 1. The number of carbonyl (C=O) groups is 2. The number of anilines is 1. The monoisotopic (exact) mass is 540 g/mol. The van der Waals surface area contributed by atoms with Crippen LogP contribution >= 0.6 is 11.3 Å². The Balaban J connectivity index is 1.67. The minimum absolute atomic E-state index is 0.0254. The van der Waals surface area contributed by atoms with Crippen LogP contribution in [0.25, 0.3) is 20.8 Å². The molecule has 3 aromatic carbocycles. The average Bonchev–Trinajstić information content (AvgIpc) is 3.39. The van der Waals surface area contributed by atoms with Crippen LogP contribution in [0.15, 0.2) is 95.5 Å². The van der Waals surface area contributed by atoms with Crippen molar-refractivity contribution in [2.75, 3.05) is 19.1 Å². The summed E-state index contributed by atoms with van der Waals surface area (Å²) in [7, 11) is 2.39. The molecule has 2 N–H and O–H groups in total. The fourth-order valence-electron chi connectivity index (χ4n) is 4.56. The minimum atomic E-state index is -0.948. The van der Waals surface area contributed by atoms with Crippen LogP contribution in [0.1, 0.15) is 11.5 Å². The van der Waals surface area contributed by atoms with Crippen LogP contribution in [0, 0.1) is 17.1 Å². The number of allylic oxidation sites excluding steroid dienone is 1. The van der Waals surface area contributed by atoms with E-state index >= 15 is 0 Å². The number of nitrogens with two attached hydrogens (primary N) is 1. The molecule has 0 saturated carbocycles. The van der Waals surface area contributed by atoms with E-state index in [1.807, 2.05) is 0 Å². The zero-order valence-electron chi connectivity index (χ0n) is 20.8. The molecule has 10 heteroatoms. The van der Waals surface area contributed by atoms with Gasteiger partial charge in [-0.2, -0.15) is 5.26 Å². The van der Waals surface area contributed by atoms with E-state index in [1.54, 1.807) is 60.7 Å². The molecule has 0 bridgehead atoms. The first-order valence-electron chi connectivity index (χ1n) is 11.7. The van der Waals surface area contributed by atoms with E-state index in [0.29, 0.717) is 26.5 Å². The van der Waals surface area contributed by atoms with Gasteiger partial charge in [0.1, 0.15) is 22.3 Å². The SMILES string of the molecule is COC(=O)C1=C(C(=O)OC)N(c2ccc(-c3nc4ccc(F)cc4s3)cc2)C(N)=C(C#N)C1c1ccccc1. The van der Waals surface area contributed by atoms with Gasteiger partial charge in [-0.1, -0.05) is 30.3 Å². The summed E-state index contributed by atoms with van der Waals surface area (Å²) in [5, 5.41) is 10.8. The summed E-state index contributed by atoms with van der Waals surface area (Å²) in [5.74, 6) is -2.94. The molecule has 4 aromatic rings. The molecule has 1 aliphatic rings. The van der Waals surface area contributed by atoms with Crippen molar-refractivity contribution >= 4 is 39.2 Å². The number of ether oxygens (including phenoxy) is 2. The van der Waals surface area contributed by atoms with Crippen LogP contribution in [-0.4, -0.2) is 31.1 Å². The summed E-state index contributed by atoms with van der Waals surface area (Å²) in [6.07, 6.45) is 0. The lowest BCUT2D eigenvalue weighted by Gasteiger charge is -2.35. The number of methoxy groups -OCH3 is 2. The Hall–Kier alpha value is -5.01. The lowest BCUT2D eigenvalue weighted by molar-refractivity contribution is -0.139. The highest BCUT2D eigenvalue weighted by molar-refractivity contribution is 7.21. The highest BCUT2D eigenvalue weighted by Crippen LogP contribution is 2.43. The number of hydrogen-bond donors (Lipinski definition) is 1. The standard InChI is InChI=1S/C29H21FN4O4S/c1-37-28(35)24-23(16-6-4-3-5-7-16)20(15-31)26(32)34(25(24)29(36)38-2)19-11-8-17(9-12-19)27-33-21-13-10-18(30)14-22(21)39-27/h3-14,23H,32H2,1-2H3. The lowest BCUT2D eigenvalue weighted by Crippen LogP contribution is -2.40. The van der Waals surface area contributed by atoms with Crippen molar-refractivity contribution in [1.29, 1.82) is 5.26 Å². The van der Waals surface area contributed by atoms with E-state index in [1.165, 1.54) is 42.6 Å². The maximum atomic E-state index is 13.6. The third-order valence-corrected chi connectivity index (χ3v) is 7.40. The summed E-state index contributed by atoms with van der Waals surface area (Å²) in [6, 6.07) is 22.2. The van der Waals surface area contributed by atoms with Crippen LogP contribution in [0.4, 0.5) is 10.1 Å². The maximum absolute atomic E-state index is 13.6. The number of hydrogen-bond acceptors (Lipinski definition) is 9. The van der Waals surface area contributed by atoms with Crippen molar-refractivity contribution in [2.45, 2.75) is 5.92 Å². The Kier molecular flexibility index (Phi) is 6.83. The van der Waals surface area contributed by atoms with E-state index in [-0.39, 0.29) is 28.5 Å². The van der Waals surface area contributed by atoms with Crippen LogP contribution in [0.5, 0.6) is 0 Å². The predicted molar refractivity (Wildman–Crippen MR) is 145 cm³/mol.